The fraction of sp³-hybridized carbons (Fsp3) is 0.182. The molecule has 0 aliphatic heterocycles. The second kappa shape index (κ2) is 7.11. The quantitative estimate of drug-likeness (QED) is 0.473. The lowest BCUT2D eigenvalue weighted by molar-refractivity contribution is 0.299. The van der Waals surface area contributed by atoms with E-state index in [4.69, 9.17) is 13.6 Å². The van der Waals surface area contributed by atoms with Gasteiger partial charge >= 0.3 is 5.63 Å². The van der Waals surface area contributed by atoms with Gasteiger partial charge in [-0.3, -0.25) is 0 Å². The van der Waals surface area contributed by atoms with Crippen LogP contribution in [0.3, 0.4) is 0 Å². The zero-order valence-electron chi connectivity index (χ0n) is 15.2. The van der Waals surface area contributed by atoms with Crippen molar-refractivity contribution in [3.8, 4) is 17.2 Å². The highest BCUT2D eigenvalue weighted by Gasteiger charge is 2.12. The largest absolute Gasteiger partial charge is 0.487 e. The van der Waals surface area contributed by atoms with Gasteiger partial charge in [-0.25, -0.2) is 9.78 Å². The second-order valence-corrected chi connectivity index (χ2v) is 6.28. The summed E-state index contributed by atoms with van der Waals surface area (Å²) in [6.07, 6.45) is 0.767. The van der Waals surface area contributed by atoms with E-state index in [9.17, 15) is 4.79 Å². The molecule has 0 radical (unpaired) electrons. The van der Waals surface area contributed by atoms with Crippen LogP contribution in [-0.4, -0.2) is 4.98 Å². The van der Waals surface area contributed by atoms with Crippen molar-refractivity contribution in [3.63, 3.8) is 0 Å². The molecule has 0 atom stereocenters. The molecule has 0 N–H and O–H groups in total. The first-order valence-corrected chi connectivity index (χ1v) is 8.85. The number of ether oxygens (including phenoxy) is 1. The minimum absolute atomic E-state index is 0.269. The fourth-order valence-electron chi connectivity index (χ4n) is 3.01. The summed E-state index contributed by atoms with van der Waals surface area (Å²) in [6.45, 7) is 4.15. The summed E-state index contributed by atoms with van der Waals surface area (Å²) in [4.78, 5) is 16.2. The van der Waals surface area contributed by atoms with Gasteiger partial charge in [0.1, 0.15) is 29.4 Å². The highest BCUT2D eigenvalue weighted by Crippen LogP contribution is 2.25. The van der Waals surface area contributed by atoms with Crippen molar-refractivity contribution in [1.29, 1.82) is 0 Å². The lowest BCUT2D eigenvalue weighted by Crippen LogP contribution is -2.01. The number of oxazole rings is 1. The Morgan fingerprint density at radius 3 is 2.63 bits per heavy atom. The molecule has 0 amide bonds. The highest BCUT2D eigenvalue weighted by atomic mass is 16.5. The van der Waals surface area contributed by atoms with Crippen LogP contribution in [0, 0.1) is 6.92 Å². The van der Waals surface area contributed by atoms with Gasteiger partial charge in [0.05, 0.1) is 0 Å². The maximum atomic E-state index is 11.7. The Kier molecular flexibility index (Phi) is 4.50. The Hall–Kier alpha value is -3.34. The summed E-state index contributed by atoms with van der Waals surface area (Å²) in [5.41, 5.74) is 2.80. The van der Waals surface area contributed by atoms with Gasteiger partial charge in [-0.1, -0.05) is 25.1 Å². The van der Waals surface area contributed by atoms with E-state index in [-0.39, 0.29) is 12.2 Å². The fourth-order valence-corrected chi connectivity index (χ4v) is 3.01. The lowest BCUT2D eigenvalue weighted by atomic mass is 10.1. The molecule has 0 unspecified atom stereocenters. The van der Waals surface area contributed by atoms with Crippen molar-refractivity contribution < 1.29 is 13.6 Å². The monoisotopic (exact) mass is 361 g/mol. The number of fused-ring (bicyclic) bond motifs is 1. The van der Waals surface area contributed by atoms with Gasteiger partial charge in [-0.2, -0.15) is 0 Å². The normalized spacial score (nSPS) is 11.0. The van der Waals surface area contributed by atoms with Crippen molar-refractivity contribution >= 4 is 11.0 Å². The van der Waals surface area contributed by atoms with Crippen LogP contribution in [0.25, 0.3) is 22.4 Å². The van der Waals surface area contributed by atoms with E-state index in [0.717, 1.165) is 34.4 Å². The molecule has 5 nitrogen and oxygen atoms in total. The summed E-state index contributed by atoms with van der Waals surface area (Å²) in [5, 5.41) is 0.924. The van der Waals surface area contributed by atoms with Crippen molar-refractivity contribution in [2.45, 2.75) is 26.9 Å². The van der Waals surface area contributed by atoms with Gasteiger partial charge in [0.25, 0.3) is 0 Å². The zero-order chi connectivity index (χ0) is 18.8. The molecule has 0 spiro atoms. The summed E-state index contributed by atoms with van der Waals surface area (Å²) in [7, 11) is 0. The second-order valence-electron chi connectivity index (χ2n) is 6.28. The number of aryl methyl sites for hydroxylation is 2. The average Bonchev–Trinajstić information content (AvgIpc) is 3.06. The van der Waals surface area contributed by atoms with Crippen LogP contribution in [0.4, 0.5) is 0 Å². The molecule has 0 saturated heterocycles. The summed E-state index contributed by atoms with van der Waals surface area (Å²) < 4.78 is 16.9. The number of rotatable bonds is 5. The molecule has 2 heterocycles. The average molecular weight is 361 g/mol. The van der Waals surface area contributed by atoms with Gasteiger partial charge in [0.15, 0.2) is 0 Å². The Morgan fingerprint density at radius 2 is 1.85 bits per heavy atom. The Morgan fingerprint density at radius 1 is 1.04 bits per heavy atom. The van der Waals surface area contributed by atoms with Crippen molar-refractivity contribution in [2.24, 2.45) is 0 Å². The maximum Gasteiger partial charge on any atom is 0.336 e. The van der Waals surface area contributed by atoms with E-state index < -0.39 is 0 Å². The molecule has 0 bridgehead atoms. The van der Waals surface area contributed by atoms with E-state index in [1.165, 1.54) is 6.07 Å². The molecule has 0 saturated carbocycles. The van der Waals surface area contributed by atoms with E-state index in [1.807, 2.05) is 56.3 Å². The van der Waals surface area contributed by atoms with E-state index in [2.05, 4.69) is 4.98 Å². The van der Waals surface area contributed by atoms with Gasteiger partial charge in [-0.05, 0) is 43.2 Å². The van der Waals surface area contributed by atoms with Crippen molar-refractivity contribution in [3.05, 3.63) is 82.0 Å². The van der Waals surface area contributed by atoms with Crippen LogP contribution in [0.5, 0.6) is 5.75 Å². The number of nitrogens with zero attached hydrogens (tertiary/aromatic N) is 1. The van der Waals surface area contributed by atoms with Crippen LogP contribution in [0.15, 0.2) is 68.2 Å². The molecule has 0 aliphatic carbocycles. The first kappa shape index (κ1) is 17.1. The number of hydrogen-bond donors (Lipinski definition) is 0. The first-order valence-electron chi connectivity index (χ1n) is 8.85. The molecule has 5 heteroatoms. The standard InChI is InChI=1S/C22H19NO4/c1-3-15-11-21(24)27-20-12-17(9-10-18(15)20)25-13-19-14(2)26-22(23-19)16-7-5-4-6-8-16/h4-12H,3,13H2,1-2H3. The van der Waals surface area contributed by atoms with Crippen molar-refractivity contribution in [2.75, 3.05) is 0 Å². The van der Waals surface area contributed by atoms with Crippen LogP contribution in [-0.2, 0) is 13.0 Å². The van der Waals surface area contributed by atoms with Crippen LogP contribution in [0.1, 0.15) is 23.9 Å². The molecular weight excluding hydrogens is 342 g/mol. The number of hydrogen-bond acceptors (Lipinski definition) is 5. The van der Waals surface area contributed by atoms with E-state index >= 15 is 0 Å². The number of aromatic nitrogens is 1. The Bertz CT molecular complexity index is 1140. The van der Waals surface area contributed by atoms with E-state index in [0.29, 0.717) is 17.2 Å². The molecule has 0 fully saturated rings. The Balaban J connectivity index is 1.57. The van der Waals surface area contributed by atoms with Gasteiger partial charge in [-0.15, -0.1) is 0 Å². The predicted molar refractivity (Wildman–Crippen MR) is 103 cm³/mol. The topological polar surface area (TPSA) is 65.5 Å². The molecule has 4 rings (SSSR count). The van der Waals surface area contributed by atoms with Gasteiger partial charge in [0.2, 0.25) is 5.89 Å². The van der Waals surface area contributed by atoms with Gasteiger partial charge < -0.3 is 13.6 Å². The lowest BCUT2D eigenvalue weighted by Gasteiger charge is -2.07. The molecular formula is C22H19NO4. The third-order valence-electron chi connectivity index (χ3n) is 4.47. The van der Waals surface area contributed by atoms with Crippen LogP contribution in [0.2, 0.25) is 0 Å². The molecule has 2 aromatic carbocycles. The smallest absolute Gasteiger partial charge is 0.336 e. The minimum atomic E-state index is -0.351. The maximum absolute atomic E-state index is 11.7. The minimum Gasteiger partial charge on any atom is -0.487 e. The summed E-state index contributed by atoms with van der Waals surface area (Å²) >= 11 is 0. The first-order chi connectivity index (χ1) is 13.1. The van der Waals surface area contributed by atoms with Gasteiger partial charge in [0, 0.05) is 23.1 Å². The molecule has 136 valence electrons. The molecule has 2 aromatic heterocycles. The third-order valence-corrected chi connectivity index (χ3v) is 4.47. The zero-order valence-corrected chi connectivity index (χ0v) is 15.2. The summed E-state index contributed by atoms with van der Waals surface area (Å²) in [5.74, 6) is 1.90. The summed E-state index contributed by atoms with van der Waals surface area (Å²) in [6, 6.07) is 16.8. The SMILES string of the molecule is CCc1cc(=O)oc2cc(OCc3nc(-c4ccccc4)oc3C)ccc12. The van der Waals surface area contributed by atoms with Crippen LogP contribution < -0.4 is 10.4 Å². The molecule has 0 aliphatic rings. The predicted octanol–water partition coefficient (Wildman–Crippen LogP) is 4.90. The number of benzene rings is 2. The third kappa shape index (κ3) is 3.49. The van der Waals surface area contributed by atoms with E-state index in [1.54, 1.807) is 6.07 Å². The Labute approximate surface area is 156 Å². The highest BCUT2D eigenvalue weighted by molar-refractivity contribution is 5.81. The van der Waals surface area contributed by atoms with Crippen molar-refractivity contribution in [1.82, 2.24) is 4.98 Å². The molecule has 4 aromatic rings. The molecule has 27 heavy (non-hydrogen) atoms. The van der Waals surface area contributed by atoms with Crippen LogP contribution >= 0.6 is 0 Å².